The monoisotopic (exact) mass is 365 g/mol. The van der Waals surface area contributed by atoms with Gasteiger partial charge in [0.1, 0.15) is 5.82 Å². The lowest BCUT2D eigenvalue weighted by Crippen LogP contribution is -2.47. The van der Waals surface area contributed by atoms with Gasteiger partial charge in [0.15, 0.2) is 0 Å². The first-order chi connectivity index (χ1) is 13.1. The number of rotatable bonds is 4. The molecule has 1 aliphatic rings. The van der Waals surface area contributed by atoms with E-state index in [-0.39, 0.29) is 11.9 Å². The molecule has 7 nitrogen and oxygen atoms in total. The Morgan fingerprint density at radius 1 is 1.30 bits per heavy atom. The van der Waals surface area contributed by atoms with Gasteiger partial charge in [-0.2, -0.15) is 0 Å². The van der Waals surface area contributed by atoms with E-state index in [9.17, 15) is 4.79 Å². The molecule has 0 radical (unpaired) electrons. The Bertz CT molecular complexity index is 968. The molecule has 1 N–H and O–H groups in total. The second kappa shape index (κ2) is 7.46. The molecule has 3 aromatic rings. The number of carbonyl (C=O) groups excluding carboxylic acids is 1. The number of fused-ring (bicyclic) bond motifs is 1. The Morgan fingerprint density at radius 3 is 2.96 bits per heavy atom. The molecule has 0 aliphatic carbocycles. The molecule has 2 aromatic heterocycles. The molecule has 1 fully saturated rings. The highest BCUT2D eigenvalue weighted by molar-refractivity contribution is 5.94. The lowest BCUT2D eigenvalue weighted by molar-refractivity contribution is -0.119. The van der Waals surface area contributed by atoms with Gasteiger partial charge >= 0.3 is 0 Å². The SMILES string of the molecule is C[C@H]1COCCN1CC(=O)Nc1cc2cc(-c3cncn3C)ccc2cn1. The summed E-state index contributed by atoms with van der Waals surface area (Å²) in [6.45, 7) is 4.52. The minimum atomic E-state index is -0.0570. The smallest absolute Gasteiger partial charge is 0.239 e. The number of hydrogen-bond donors (Lipinski definition) is 1. The van der Waals surface area contributed by atoms with Gasteiger partial charge in [-0.1, -0.05) is 12.1 Å². The van der Waals surface area contributed by atoms with Crippen molar-refractivity contribution in [3.05, 3.63) is 43.0 Å². The Labute approximate surface area is 158 Å². The average Bonchev–Trinajstić information content (AvgIpc) is 3.09. The second-order valence-corrected chi connectivity index (χ2v) is 6.96. The van der Waals surface area contributed by atoms with Gasteiger partial charge in [0.05, 0.1) is 38.0 Å². The van der Waals surface area contributed by atoms with Crippen LogP contribution in [0.15, 0.2) is 43.0 Å². The van der Waals surface area contributed by atoms with Crippen LogP contribution in [-0.2, 0) is 16.6 Å². The first-order valence-electron chi connectivity index (χ1n) is 9.08. The highest BCUT2D eigenvalue weighted by Crippen LogP contribution is 2.25. The van der Waals surface area contributed by atoms with Crippen molar-refractivity contribution in [1.82, 2.24) is 19.4 Å². The Balaban J connectivity index is 1.52. The summed E-state index contributed by atoms with van der Waals surface area (Å²) in [7, 11) is 1.97. The number of aromatic nitrogens is 3. The van der Waals surface area contributed by atoms with Crippen molar-refractivity contribution < 1.29 is 9.53 Å². The van der Waals surface area contributed by atoms with E-state index in [1.54, 1.807) is 12.5 Å². The highest BCUT2D eigenvalue weighted by Gasteiger charge is 2.21. The summed E-state index contributed by atoms with van der Waals surface area (Å²) in [5, 5.41) is 4.97. The molecular formula is C20H23N5O2. The van der Waals surface area contributed by atoms with Gasteiger partial charge < -0.3 is 14.6 Å². The zero-order valence-corrected chi connectivity index (χ0v) is 15.6. The highest BCUT2D eigenvalue weighted by atomic mass is 16.5. The normalized spacial score (nSPS) is 17.9. The summed E-state index contributed by atoms with van der Waals surface area (Å²) in [6, 6.07) is 8.34. The van der Waals surface area contributed by atoms with E-state index < -0.39 is 0 Å². The number of morpholine rings is 1. The number of nitrogens with one attached hydrogen (secondary N) is 1. The van der Waals surface area contributed by atoms with Crippen molar-refractivity contribution in [2.45, 2.75) is 13.0 Å². The van der Waals surface area contributed by atoms with E-state index in [0.717, 1.165) is 28.6 Å². The number of pyridine rings is 1. The molecule has 140 valence electrons. The summed E-state index contributed by atoms with van der Waals surface area (Å²) in [5.74, 6) is 0.508. The van der Waals surface area contributed by atoms with Gasteiger partial charge in [-0.05, 0) is 24.4 Å². The van der Waals surface area contributed by atoms with Crippen LogP contribution in [0.3, 0.4) is 0 Å². The Hall–Kier alpha value is -2.77. The van der Waals surface area contributed by atoms with Gasteiger partial charge in [0, 0.05) is 36.8 Å². The molecule has 1 aliphatic heterocycles. The summed E-state index contributed by atoms with van der Waals surface area (Å²) in [5.41, 5.74) is 2.12. The molecule has 1 amide bonds. The van der Waals surface area contributed by atoms with Crippen LogP contribution in [0.5, 0.6) is 0 Å². The van der Waals surface area contributed by atoms with E-state index in [1.807, 2.05) is 29.9 Å². The van der Waals surface area contributed by atoms with Crippen molar-refractivity contribution in [2.24, 2.45) is 7.05 Å². The van der Waals surface area contributed by atoms with Crippen LogP contribution < -0.4 is 5.32 Å². The fraction of sp³-hybridized carbons (Fsp3) is 0.350. The van der Waals surface area contributed by atoms with Gasteiger partial charge in [-0.3, -0.25) is 9.69 Å². The Kier molecular flexibility index (Phi) is 4.87. The maximum Gasteiger partial charge on any atom is 0.239 e. The molecule has 7 heteroatoms. The number of ether oxygens (including phenoxy) is 1. The topological polar surface area (TPSA) is 72.3 Å². The predicted molar refractivity (Wildman–Crippen MR) is 104 cm³/mol. The van der Waals surface area contributed by atoms with Crippen molar-refractivity contribution in [2.75, 3.05) is 31.6 Å². The van der Waals surface area contributed by atoms with Crippen LogP contribution in [0.25, 0.3) is 22.0 Å². The number of amides is 1. The largest absolute Gasteiger partial charge is 0.379 e. The van der Waals surface area contributed by atoms with E-state index in [1.165, 1.54) is 0 Å². The molecule has 3 heterocycles. The Morgan fingerprint density at radius 2 is 2.19 bits per heavy atom. The number of hydrogen-bond acceptors (Lipinski definition) is 5. The standard InChI is InChI=1S/C20H23N5O2/c1-14-12-27-6-5-25(14)11-20(26)23-19-8-17-7-15(3-4-16(17)9-22-19)18-10-21-13-24(18)2/h3-4,7-10,13-14H,5-6,11-12H2,1-2H3,(H,22,23,26)/t14-/m0/s1. The number of carbonyl (C=O) groups is 1. The van der Waals surface area contributed by atoms with Crippen LogP contribution in [0.2, 0.25) is 0 Å². The lowest BCUT2D eigenvalue weighted by Gasteiger charge is -2.32. The van der Waals surface area contributed by atoms with Gasteiger partial charge in [-0.15, -0.1) is 0 Å². The summed E-state index contributed by atoms with van der Waals surface area (Å²) in [4.78, 5) is 23.1. The first-order valence-corrected chi connectivity index (χ1v) is 9.08. The number of benzene rings is 1. The number of nitrogens with zero attached hydrogens (tertiary/aromatic N) is 4. The summed E-state index contributed by atoms with van der Waals surface area (Å²) >= 11 is 0. The summed E-state index contributed by atoms with van der Waals surface area (Å²) < 4.78 is 7.40. The van der Waals surface area contributed by atoms with Crippen LogP contribution in [0.1, 0.15) is 6.92 Å². The molecule has 4 rings (SSSR count). The quantitative estimate of drug-likeness (QED) is 0.768. The zero-order chi connectivity index (χ0) is 18.8. The maximum atomic E-state index is 12.4. The molecule has 0 saturated carbocycles. The molecule has 1 saturated heterocycles. The van der Waals surface area contributed by atoms with Crippen molar-refractivity contribution >= 4 is 22.5 Å². The van der Waals surface area contributed by atoms with Gasteiger partial charge in [0.2, 0.25) is 5.91 Å². The molecule has 0 unspecified atom stereocenters. The van der Waals surface area contributed by atoms with E-state index in [0.29, 0.717) is 25.6 Å². The fourth-order valence-electron chi connectivity index (χ4n) is 3.37. The molecule has 0 spiro atoms. The van der Waals surface area contributed by atoms with E-state index >= 15 is 0 Å². The molecular weight excluding hydrogens is 342 g/mol. The predicted octanol–water partition coefficient (Wildman–Crippen LogP) is 2.29. The van der Waals surface area contributed by atoms with Crippen molar-refractivity contribution in [3.63, 3.8) is 0 Å². The molecule has 27 heavy (non-hydrogen) atoms. The third kappa shape index (κ3) is 3.84. The zero-order valence-electron chi connectivity index (χ0n) is 15.6. The number of imidazole rings is 1. The van der Waals surface area contributed by atoms with Crippen LogP contribution >= 0.6 is 0 Å². The minimum Gasteiger partial charge on any atom is -0.379 e. The van der Waals surface area contributed by atoms with Crippen LogP contribution in [0.4, 0.5) is 5.82 Å². The van der Waals surface area contributed by atoms with E-state index in [4.69, 9.17) is 4.74 Å². The van der Waals surface area contributed by atoms with Gasteiger partial charge in [0.25, 0.3) is 0 Å². The average molecular weight is 365 g/mol. The van der Waals surface area contributed by atoms with Crippen molar-refractivity contribution in [3.8, 4) is 11.3 Å². The van der Waals surface area contributed by atoms with Crippen LogP contribution in [0, 0.1) is 0 Å². The third-order valence-electron chi connectivity index (χ3n) is 4.95. The van der Waals surface area contributed by atoms with E-state index in [2.05, 4.69) is 39.2 Å². The maximum absolute atomic E-state index is 12.4. The van der Waals surface area contributed by atoms with Gasteiger partial charge in [-0.25, -0.2) is 9.97 Å². The first kappa shape index (κ1) is 17.6. The second-order valence-electron chi connectivity index (χ2n) is 6.96. The van der Waals surface area contributed by atoms with Crippen LogP contribution in [-0.4, -0.2) is 57.7 Å². The lowest BCUT2D eigenvalue weighted by atomic mass is 10.1. The minimum absolute atomic E-state index is 0.0570. The molecule has 0 bridgehead atoms. The molecule has 1 atom stereocenters. The van der Waals surface area contributed by atoms with Crippen molar-refractivity contribution in [1.29, 1.82) is 0 Å². The fourth-order valence-corrected chi connectivity index (χ4v) is 3.37. The number of aryl methyl sites for hydroxylation is 1. The summed E-state index contributed by atoms with van der Waals surface area (Å²) in [6.07, 6.45) is 5.41. The number of anilines is 1. The molecule has 1 aromatic carbocycles. The third-order valence-corrected chi connectivity index (χ3v) is 4.95.